The largest absolute Gasteiger partial charge is 0.481 e. The number of aliphatic carboxylic acids is 1. The summed E-state index contributed by atoms with van der Waals surface area (Å²) in [4.78, 5) is 10.6. The third-order valence-electron chi connectivity index (χ3n) is 2.34. The quantitative estimate of drug-likeness (QED) is 0.550. The van der Waals surface area contributed by atoms with Crippen LogP contribution in [0, 0.1) is 5.92 Å². The lowest BCUT2D eigenvalue weighted by Gasteiger charge is -2.10. The summed E-state index contributed by atoms with van der Waals surface area (Å²) >= 11 is 1.19. The third-order valence-corrected chi connectivity index (χ3v) is 3.30. The van der Waals surface area contributed by atoms with Gasteiger partial charge in [0.1, 0.15) is 5.82 Å². The molecule has 0 fully saturated rings. The number of carboxylic acid groups (broad SMARTS) is 1. The van der Waals surface area contributed by atoms with Crippen molar-refractivity contribution in [1.82, 2.24) is 14.8 Å². The summed E-state index contributed by atoms with van der Waals surface area (Å²) in [6, 6.07) is 0. The van der Waals surface area contributed by atoms with Crippen molar-refractivity contribution in [2.75, 3.05) is 19.0 Å². The summed E-state index contributed by atoms with van der Waals surface area (Å²) in [5, 5.41) is 17.4. The normalized spacial score (nSPS) is 11.2. The summed E-state index contributed by atoms with van der Waals surface area (Å²) in [7, 11) is 0. The Bertz CT molecular complexity index is 407. The van der Waals surface area contributed by atoms with E-state index in [0.717, 1.165) is 18.9 Å². The van der Waals surface area contributed by atoms with Gasteiger partial charge < -0.3 is 14.4 Å². The van der Waals surface area contributed by atoms with Gasteiger partial charge in [0.25, 0.3) is 0 Å². The molecule has 19 heavy (non-hydrogen) atoms. The van der Waals surface area contributed by atoms with Crippen LogP contribution < -0.4 is 0 Å². The lowest BCUT2D eigenvalue weighted by molar-refractivity contribution is -0.133. The maximum absolute atomic E-state index is 10.6. The SMILES string of the molecule is CCc1nnc(SCC(=O)O)n1CCOCC(C)C. The Morgan fingerprint density at radius 2 is 2.21 bits per heavy atom. The van der Waals surface area contributed by atoms with Gasteiger partial charge in [-0.25, -0.2) is 0 Å². The first-order chi connectivity index (χ1) is 9.04. The second-order valence-corrected chi connectivity index (χ2v) is 5.50. The topological polar surface area (TPSA) is 77.2 Å². The van der Waals surface area contributed by atoms with E-state index in [9.17, 15) is 4.79 Å². The van der Waals surface area contributed by atoms with Gasteiger partial charge in [-0.3, -0.25) is 4.79 Å². The van der Waals surface area contributed by atoms with Gasteiger partial charge in [-0.05, 0) is 5.92 Å². The van der Waals surface area contributed by atoms with Crippen molar-refractivity contribution in [3.05, 3.63) is 5.82 Å². The van der Waals surface area contributed by atoms with E-state index in [0.29, 0.717) is 24.2 Å². The van der Waals surface area contributed by atoms with Gasteiger partial charge >= 0.3 is 5.97 Å². The molecule has 7 heteroatoms. The monoisotopic (exact) mass is 287 g/mol. The molecule has 0 aliphatic rings. The van der Waals surface area contributed by atoms with Crippen molar-refractivity contribution in [2.45, 2.75) is 38.9 Å². The molecule has 108 valence electrons. The fraction of sp³-hybridized carbons (Fsp3) is 0.750. The number of hydrogen-bond donors (Lipinski definition) is 1. The molecule has 0 saturated carbocycles. The molecule has 0 aliphatic heterocycles. The molecule has 0 aromatic carbocycles. The number of rotatable bonds is 9. The molecule has 0 bridgehead atoms. The summed E-state index contributed by atoms with van der Waals surface area (Å²) < 4.78 is 7.48. The molecule has 1 heterocycles. The van der Waals surface area contributed by atoms with Crippen LogP contribution in [0.4, 0.5) is 0 Å². The maximum atomic E-state index is 10.6. The third kappa shape index (κ3) is 5.61. The molecular weight excluding hydrogens is 266 g/mol. The molecule has 6 nitrogen and oxygen atoms in total. The van der Waals surface area contributed by atoms with Crippen molar-refractivity contribution >= 4 is 17.7 Å². The Kier molecular flexibility index (Phi) is 6.86. The predicted octanol–water partition coefficient (Wildman–Crippen LogP) is 1.69. The minimum absolute atomic E-state index is 0.00526. The van der Waals surface area contributed by atoms with Gasteiger partial charge in [0.05, 0.1) is 12.4 Å². The fourth-order valence-electron chi connectivity index (χ4n) is 1.51. The molecule has 1 aromatic rings. The molecule has 0 atom stereocenters. The van der Waals surface area contributed by atoms with Crippen LogP contribution in [0.1, 0.15) is 26.6 Å². The van der Waals surface area contributed by atoms with Gasteiger partial charge in [0.2, 0.25) is 0 Å². The molecule has 0 aliphatic carbocycles. The zero-order chi connectivity index (χ0) is 14.3. The number of aromatic nitrogens is 3. The number of nitrogens with zero attached hydrogens (tertiary/aromatic N) is 3. The van der Waals surface area contributed by atoms with Crippen molar-refractivity contribution in [2.24, 2.45) is 5.92 Å². The van der Waals surface area contributed by atoms with E-state index >= 15 is 0 Å². The number of hydrogen-bond acceptors (Lipinski definition) is 5. The first-order valence-corrected chi connectivity index (χ1v) is 7.37. The molecule has 0 saturated heterocycles. The first-order valence-electron chi connectivity index (χ1n) is 6.39. The zero-order valence-corrected chi connectivity index (χ0v) is 12.4. The lowest BCUT2D eigenvalue weighted by atomic mass is 10.2. The Balaban J connectivity index is 2.57. The Labute approximate surface area is 117 Å². The highest BCUT2D eigenvalue weighted by Gasteiger charge is 2.12. The number of carboxylic acids is 1. The highest BCUT2D eigenvalue weighted by molar-refractivity contribution is 7.99. The van der Waals surface area contributed by atoms with Gasteiger partial charge in [-0.2, -0.15) is 0 Å². The van der Waals surface area contributed by atoms with E-state index < -0.39 is 5.97 Å². The Morgan fingerprint density at radius 1 is 1.47 bits per heavy atom. The van der Waals surface area contributed by atoms with Crippen LogP contribution >= 0.6 is 11.8 Å². The number of ether oxygens (including phenoxy) is 1. The summed E-state index contributed by atoms with van der Waals surface area (Å²) in [6.45, 7) is 8.17. The highest BCUT2D eigenvalue weighted by Crippen LogP contribution is 2.17. The first kappa shape index (κ1) is 16.0. The number of aryl methyl sites for hydroxylation is 1. The fourth-order valence-corrected chi connectivity index (χ4v) is 2.22. The van der Waals surface area contributed by atoms with Crippen LogP contribution in [0.15, 0.2) is 5.16 Å². The molecule has 1 N–H and O–H groups in total. The van der Waals surface area contributed by atoms with Crippen LogP contribution in [0.3, 0.4) is 0 Å². The molecule has 0 spiro atoms. The number of thioether (sulfide) groups is 1. The second kappa shape index (κ2) is 8.16. The molecule has 1 rings (SSSR count). The summed E-state index contributed by atoms with van der Waals surface area (Å²) in [6.07, 6.45) is 0.769. The van der Waals surface area contributed by atoms with Crippen molar-refractivity contribution in [3.63, 3.8) is 0 Å². The average molecular weight is 287 g/mol. The highest BCUT2D eigenvalue weighted by atomic mass is 32.2. The number of carbonyl (C=O) groups is 1. The standard InChI is InChI=1S/C12H21N3O3S/c1-4-10-13-14-12(19-8-11(16)17)15(10)5-6-18-7-9(2)3/h9H,4-8H2,1-3H3,(H,16,17). The molecule has 0 unspecified atom stereocenters. The van der Waals surface area contributed by atoms with Crippen molar-refractivity contribution in [1.29, 1.82) is 0 Å². The van der Waals surface area contributed by atoms with E-state index in [-0.39, 0.29) is 5.75 Å². The summed E-state index contributed by atoms with van der Waals surface area (Å²) in [5.74, 6) is 0.511. The van der Waals surface area contributed by atoms with E-state index in [4.69, 9.17) is 9.84 Å². The van der Waals surface area contributed by atoms with Crippen molar-refractivity contribution in [3.8, 4) is 0 Å². The van der Waals surface area contributed by atoms with Crippen LogP contribution in [0.5, 0.6) is 0 Å². The molecule has 1 aromatic heterocycles. The van der Waals surface area contributed by atoms with Gasteiger partial charge in [0, 0.05) is 19.6 Å². The van der Waals surface area contributed by atoms with Crippen molar-refractivity contribution < 1.29 is 14.6 Å². The predicted molar refractivity (Wildman–Crippen MR) is 73.4 cm³/mol. The van der Waals surface area contributed by atoms with Gasteiger partial charge in [0.15, 0.2) is 5.16 Å². The van der Waals surface area contributed by atoms with Crippen LogP contribution in [0.25, 0.3) is 0 Å². The van der Waals surface area contributed by atoms with Crippen LogP contribution in [-0.2, 0) is 22.5 Å². The molecular formula is C12H21N3O3S. The van der Waals surface area contributed by atoms with Gasteiger partial charge in [-0.1, -0.05) is 32.5 Å². The average Bonchev–Trinajstić information content (AvgIpc) is 2.74. The maximum Gasteiger partial charge on any atom is 0.313 e. The van der Waals surface area contributed by atoms with Crippen LogP contribution in [0.2, 0.25) is 0 Å². The second-order valence-electron chi connectivity index (χ2n) is 4.56. The molecule has 0 amide bonds. The Morgan fingerprint density at radius 3 is 2.79 bits per heavy atom. The minimum Gasteiger partial charge on any atom is -0.481 e. The van der Waals surface area contributed by atoms with E-state index in [2.05, 4.69) is 24.0 Å². The van der Waals surface area contributed by atoms with E-state index in [1.165, 1.54) is 11.8 Å². The Hall–Kier alpha value is -1.08. The van der Waals surface area contributed by atoms with Gasteiger partial charge in [-0.15, -0.1) is 10.2 Å². The smallest absolute Gasteiger partial charge is 0.313 e. The van der Waals surface area contributed by atoms with E-state index in [1.807, 2.05) is 11.5 Å². The van der Waals surface area contributed by atoms with Crippen LogP contribution in [-0.4, -0.2) is 44.8 Å². The summed E-state index contributed by atoms with van der Waals surface area (Å²) in [5.41, 5.74) is 0. The lowest BCUT2D eigenvalue weighted by Crippen LogP contribution is -2.13. The minimum atomic E-state index is -0.853. The molecule has 0 radical (unpaired) electrons. The zero-order valence-electron chi connectivity index (χ0n) is 11.6. The van der Waals surface area contributed by atoms with E-state index in [1.54, 1.807) is 0 Å².